The molecule has 5 nitrogen and oxygen atoms in total. The highest BCUT2D eigenvalue weighted by Gasteiger charge is 2.10. The average Bonchev–Trinajstić information content (AvgIpc) is 3.18. The third-order valence-electron chi connectivity index (χ3n) is 4.30. The fraction of sp³-hybridized carbons (Fsp3) is 0.227. The second kappa shape index (κ2) is 10.3. The van der Waals surface area contributed by atoms with Crippen LogP contribution in [0.5, 0.6) is 0 Å². The van der Waals surface area contributed by atoms with Gasteiger partial charge in [-0.25, -0.2) is 4.98 Å². The third-order valence-corrected chi connectivity index (χ3v) is 5.77. The SMILES string of the molecule is CCc1ccc(-c2nc(CC(=O)NCCC(=O)Nc3ccc(Br)cc3)cs2)cc1. The van der Waals surface area contributed by atoms with Gasteiger partial charge in [0.2, 0.25) is 11.8 Å². The molecule has 0 aliphatic heterocycles. The van der Waals surface area contributed by atoms with Crippen molar-refractivity contribution >= 4 is 44.8 Å². The van der Waals surface area contributed by atoms with Crippen molar-refractivity contribution in [2.45, 2.75) is 26.2 Å². The van der Waals surface area contributed by atoms with E-state index in [1.165, 1.54) is 16.9 Å². The summed E-state index contributed by atoms with van der Waals surface area (Å²) in [7, 11) is 0. The molecule has 0 saturated carbocycles. The fourth-order valence-corrected chi connectivity index (χ4v) is 3.79. The molecule has 2 amide bonds. The molecular formula is C22H22BrN3O2S. The summed E-state index contributed by atoms with van der Waals surface area (Å²) in [5.74, 6) is -0.279. The maximum atomic E-state index is 12.1. The van der Waals surface area contributed by atoms with E-state index < -0.39 is 0 Å². The number of nitrogens with zero attached hydrogens (tertiary/aromatic N) is 1. The van der Waals surface area contributed by atoms with Gasteiger partial charge in [-0.1, -0.05) is 47.1 Å². The molecular weight excluding hydrogens is 450 g/mol. The van der Waals surface area contributed by atoms with E-state index in [-0.39, 0.29) is 31.2 Å². The van der Waals surface area contributed by atoms with Crippen LogP contribution in [-0.4, -0.2) is 23.3 Å². The highest BCUT2D eigenvalue weighted by molar-refractivity contribution is 9.10. The predicted octanol–water partition coefficient (Wildman–Crippen LogP) is 4.82. The number of hydrogen-bond donors (Lipinski definition) is 2. The Balaban J connectivity index is 1.43. The van der Waals surface area contributed by atoms with Crippen LogP contribution in [0.15, 0.2) is 58.4 Å². The second-order valence-corrected chi connectivity index (χ2v) is 8.30. The van der Waals surface area contributed by atoms with Crippen molar-refractivity contribution in [3.8, 4) is 10.6 Å². The average molecular weight is 472 g/mol. The number of halogens is 1. The lowest BCUT2D eigenvalue weighted by atomic mass is 10.1. The Kier molecular flexibility index (Phi) is 7.55. The fourth-order valence-electron chi connectivity index (χ4n) is 2.70. The number of aromatic nitrogens is 1. The molecule has 2 aromatic carbocycles. The van der Waals surface area contributed by atoms with Gasteiger partial charge in [-0.2, -0.15) is 0 Å². The Morgan fingerprint density at radius 1 is 1.03 bits per heavy atom. The van der Waals surface area contributed by atoms with E-state index in [2.05, 4.69) is 62.7 Å². The highest BCUT2D eigenvalue weighted by atomic mass is 79.9. The van der Waals surface area contributed by atoms with Crippen molar-refractivity contribution in [3.63, 3.8) is 0 Å². The number of rotatable bonds is 8. The van der Waals surface area contributed by atoms with Crippen molar-refractivity contribution in [1.29, 1.82) is 0 Å². The summed E-state index contributed by atoms with van der Waals surface area (Å²) in [6.45, 7) is 2.41. The maximum Gasteiger partial charge on any atom is 0.226 e. The summed E-state index contributed by atoms with van der Waals surface area (Å²) in [6.07, 6.45) is 1.43. The van der Waals surface area contributed by atoms with Gasteiger partial charge in [0.1, 0.15) is 5.01 Å². The number of hydrogen-bond acceptors (Lipinski definition) is 4. The first-order valence-electron chi connectivity index (χ1n) is 9.39. The van der Waals surface area contributed by atoms with Gasteiger partial charge in [0, 0.05) is 34.1 Å². The molecule has 3 rings (SSSR count). The molecule has 0 atom stereocenters. The molecule has 0 aliphatic rings. The summed E-state index contributed by atoms with van der Waals surface area (Å²) in [6, 6.07) is 15.7. The lowest BCUT2D eigenvalue weighted by molar-refractivity contribution is -0.120. The van der Waals surface area contributed by atoms with Crippen LogP contribution in [0.2, 0.25) is 0 Å². The maximum absolute atomic E-state index is 12.1. The van der Waals surface area contributed by atoms with E-state index in [1.807, 2.05) is 29.6 Å². The van der Waals surface area contributed by atoms with Gasteiger partial charge < -0.3 is 10.6 Å². The summed E-state index contributed by atoms with van der Waals surface area (Å²) in [5.41, 5.74) is 3.81. The van der Waals surface area contributed by atoms with Crippen LogP contribution < -0.4 is 10.6 Å². The van der Waals surface area contributed by atoms with Crippen LogP contribution in [0.4, 0.5) is 5.69 Å². The van der Waals surface area contributed by atoms with Crippen molar-refractivity contribution < 1.29 is 9.59 Å². The van der Waals surface area contributed by atoms with Crippen LogP contribution in [0.1, 0.15) is 24.6 Å². The molecule has 0 aliphatic carbocycles. The Morgan fingerprint density at radius 3 is 2.45 bits per heavy atom. The Morgan fingerprint density at radius 2 is 1.76 bits per heavy atom. The van der Waals surface area contributed by atoms with E-state index in [1.54, 1.807) is 0 Å². The van der Waals surface area contributed by atoms with Crippen molar-refractivity contribution in [1.82, 2.24) is 10.3 Å². The first kappa shape index (κ1) is 21.2. The number of carbonyl (C=O) groups is 2. The molecule has 7 heteroatoms. The normalized spacial score (nSPS) is 10.6. The number of benzene rings is 2. The number of anilines is 1. The number of thiazole rings is 1. The highest BCUT2D eigenvalue weighted by Crippen LogP contribution is 2.24. The van der Waals surface area contributed by atoms with Crippen LogP contribution in [0.25, 0.3) is 10.6 Å². The van der Waals surface area contributed by atoms with E-state index in [0.29, 0.717) is 0 Å². The molecule has 150 valence electrons. The molecule has 3 aromatic rings. The Bertz CT molecular complexity index is 968. The molecule has 2 N–H and O–H groups in total. The topological polar surface area (TPSA) is 71.1 Å². The van der Waals surface area contributed by atoms with E-state index in [0.717, 1.165) is 32.8 Å². The molecule has 0 fully saturated rings. The number of carbonyl (C=O) groups excluding carboxylic acids is 2. The summed E-state index contributed by atoms with van der Waals surface area (Å²) >= 11 is 4.88. The van der Waals surface area contributed by atoms with Gasteiger partial charge in [-0.15, -0.1) is 11.3 Å². The van der Waals surface area contributed by atoms with Gasteiger partial charge in [0.05, 0.1) is 12.1 Å². The molecule has 1 heterocycles. The molecule has 0 spiro atoms. The molecule has 29 heavy (non-hydrogen) atoms. The van der Waals surface area contributed by atoms with Crippen molar-refractivity contribution in [3.05, 3.63) is 69.6 Å². The molecule has 0 saturated heterocycles. The summed E-state index contributed by atoms with van der Waals surface area (Å²) in [5, 5.41) is 8.39. The van der Waals surface area contributed by atoms with Crippen LogP contribution in [0, 0.1) is 0 Å². The standard InChI is InChI=1S/C22H22BrN3O2S/c1-2-15-3-5-16(6-4-15)22-26-19(14-29-22)13-21(28)24-12-11-20(27)25-18-9-7-17(23)8-10-18/h3-10,14H,2,11-13H2,1H3,(H,24,28)(H,25,27). The number of aryl methyl sites for hydroxylation is 1. The van der Waals surface area contributed by atoms with Crippen molar-refractivity contribution in [2.75, 3.05) is 11.9 Å². The zero-order valence-electron chi connectivity index (χ0n) is 16.1. The van der Waals surface area contributed by atoms with Gasteiger partial charge in [-0.3, -0.25) is 9.59 Å². The lowest BCUT2D eigenvalue weighted by Gasteiger charge is -2.06. The smallest absolute Gasteiger partial charge is 0.226 e. The first-order chi connectivity index (χ1) is 14.0. The minimum absolute atomic E-state index is 0.139. The summed E-state index contributed by atoms with van der Waals surface area (Å²) < 4.78 is 0.950. The number of amides is 2. The first-order valence-corrected chi connectivity index (χ1v) is 11.1. The molecule has 0 bridgehead atoms. The predicted molar refractivity (Wildman–Crippen MR) is 121 cm³/mol. The largest absolute Gasteiger partial charge is 0.355 e. The minimum Gasteiger partial charge on any atom is -0.355 e. The van der Waals surface area contributed by atoms with Crippen LogP contribution >= 0.6 is 27.3 Å². The van der Waals surface area contributed by atoms with Gasteiger partial charge in [0.25, 0.3) is 0 Å². The zero-order chi connectivity index (χ0) is 20.6. The van der Waals surface area contributed by atoms with Gasteiger partial charge in [-0.05, 0) is 36.2 Å². The van der Waals surface area contributed by atoms with E-state index >= 15 is 0 Å². The lowest BCUT2D eigenvalue weighted by Crippen LogP contribution is -2.29. The van der Waals surface area contributed by atoms with Gasteiger partial charge in [0.15, 0.2) is 0 Å². The Hall–Kier alpha value is -2.51. The zero-order valence-corrected chi connectivity index (χ0v) is 18.5. The molecule has 1 aromatic heterocycles. The quantitative estimate of drug-likeness (QED) is 0.494. The third kappa shape index (κ3) is 6.51. The van der Waals surface area contributed by atoms with Crippen molar-refractivity contribution in [2.24, 2.45) is 0 Å². The van der Waals surface area contributed by atoms with Gasteiger partial charge >= 0.3 is 0 Å². The van der Waals surface area contributed by atoms with Crippen LogP contribution in [-0.2, 0) is 22.4 Å². The van der Waals surface area contributed by atoms with E-state index in [4.69, 9.17) is 0 Å². The second-order valence-electron chi connectivity index (χ2n) is 6.53. The number of nitrogens with one attached hydrogen (secondary N) is 2. The van der Waals surface area contributed by atoms with Crippen LogP contribution in [0.3, 0.4) is 0 Å². The monoisotopic (exact) mass is 471 g/mol. The summed E-state index contributed by atoms with van der Waals surface area (Å²) in [4.78, 5) is 28.7. The van der Waals surface area contributed by atoms with E-state index in [9.17, 15) is 9.59 Å². The minimum atomic E-state index is -0.140. The Labute approximate surface area is 182 Å². The molecule has 0 radical (unpaired) electrons. The molecule has 0 unspecified atom stereocenters.